The quantitative estimate of drug-likeness (QED) is 0.750. The van der Waals surface area contributed by atoms with Crippen LogP contribution in [0.1, 0.15) is 33.6 Å². The topological polar surface area (TPSA) is 15.3 Å². The van der Waals surface area contributed by atoms with Crippen LogP contribution in [0.5, 0.6) is 0 Å². The molecule has 0 spiro atoms. The number of likely N-dealkylation sites (tertiary alicyclic amines) is 1. The van der Waals surface area contributed by atoms with E-state index in [4.69, 9.17) is 0 Å². The summed E-state index contributed by atoms with van der Waals surface area (Å²) in [7, 11) is 0. The molecule has 1 unspecified atom stereocenters. The van der Waals surface area contributed by atoms with Crippen LogP contribution in [0.4, 0.5) is 0 Å². The molecule has 0 aliphatic carbocycles. The smallest absolute Gasteiger partial charge is 0.0523 e. The van der Waals surface area contributed by atoms with Crippen LogP contribution < -0.4 is 5.32 Å². The highest BCUT2D eigenvalue weighted by atomic mass is 15.2. The van der Waals surface area contributed by atoms with E-state index in [-0.39, 0.29) is 0 Å². The van der Waals surface area contributed by atoms with Crippen molar-refractivity contribution in [1.29, 1.82) is 0 Å². The number of nitrogens with one attached hydrogen (secondary N) is 1. The summed E-state index contributed by atoms with van der Waals surface area (Å²) in [5.41, 5.74) is 1.36. The minimum Gasteiger partial charge on any atom is -0.386 e. The minimum absolute atomic E-state index is 0.913. The third-order valence-corrected chi connectivity index (χ3v) is 3.00. The molecule has 2 heteroatoms. The van der Waals surface area contributed by atoms with Crippen molar-refractivity contribution in [1.82, 2.24) is 10.2 Å². The van der Waals surface area contributed by atoms with Gasteiger partial charge in [0.15, 0.2) is 0 Å². The molecule has 0 aromatic rings. The van der Waals surface area contributed by atoms with Gasteiger partial charge in [0.25, 0.3) is 0 Å². The molecule has 0 amide bonds. The highest BCUT2D eigenvalue weighted by Crippen LogP contribution is 2.23. The Morgan fingerprint density at radius 3 is 2.80 bits per heavy atom. The largest absolute Gasteiger partial charge is 0.386 e. The maximum atomic E-state index is 3.25. The Balaban J connectivity index is 0.000000531. The van der Waals surface area contributed by atoms with Gasteiger partial charge >= 0.3 is 0 Å². The zero-order chi connectivity index (χ0) is 11.1. The molecule has 0 bridgehead atoms. The molecule has 1 saturated heterocycles. The second-order valence-corrected chi connectivity index (χ2v) is 3.89. The Labute approximate surface area is 94.0 Å². The van der Waals surface area contributed by atoms with E-state index >= 15 is 0 Å². The fraction of sp³-hybridized carbons (Fsp3) is 0.692. The van der Waals surface area contributed by atoms with Gasteiger partial charge in [-0.25, -0.2) is 0 Å². The first kappa shape index (κ1) is 12.2. The molecule has 2 aliphatic rings. The molecule has 0 radical (unpaired) electrons. The fourth-order valence-corrected chi connectivity index (χ4v) is 2.06. The summed E-state index contributed by atoms with van der Waals surface area (Å²) in [5.74, 6) is 0.913. The summed E-state index contributed by atoms with van der Waals surface area (Å²) in [6.07, 6.45) is 9.24. The lowest BCUT2D eigenvalue weighted by Crippen LogP contribution is -2.23. The van der Waals surface area contributed by atoms with Gasteiger partial charge in [-0.2, -0.15) is 0 Å². The fourth-order valence-electron chi connectivity index (χ4n) is 2.06. The normalized spacial score (nSPS) is 24.1. The van der Waals surface area contributed by atoms with Gasteiger partial charge in [-0.1, -0.05) is 33.3 Å². The van der Waals surface area contributed by atoms with E-state index in [2.05, 4.69) is 35.5 Å². The van der Waals surface area contributed by atoms with Crippen LogP contribution in [0.2, 0.25) is 0 Å². The second kappa shape index (κ2) is 6.54. The maximum Gasteiger partial charge on any atom is 0.0523 e. The molecule has 1 N–H and O–H groups in total. The number of hydrogen-bond acceptors (Lipinski definition) is 2. The zero-order valence-corrected chi connectivity index (χ0v) is 10.3. The van der Waals surface area contributed by atoms with Crippen molar-refractivity contribution in [3.05, 3.63) is 24.0 Å². The standard InChI is InChI=1S/C11H18N2.C2H6/c1-2-10-5-7-13(9-10)11-4-3-6-12-8-11;1-2/h3-4,8,10,12H,2,5-7,9H2,1H3;1-2H3. The van der Waals surface area contributed by atoms with Crippen LogP contribution in [-0.2, 0) is 0 Å². The summed E-state index contributed by atoms with van der Waals surface area (Å²) >= 11 is 0. The molecule has 86 valence electrons. The van der Waals surface area contributed by atoms with Crippen LogP contribution in [0.3, 0.4) is 0 Å². The SMILES string of the molecule is CC.CCC1CCN(C2=CNCC=C2)C1. The molecule has 2 rings (SSSR count). The molecule has 2 heterocycles. The number of rotatable bonds is 2. The third-order valence-electron chi connectivity index (χ3n) is 3.00. The molecule has 0 aromatic carbocycles. The van der Waals surface area contributed by atoms with Gasteiger partial charge in [-0.05, 0) is 18.4 Å². The molecule has 15 heavy (non-hydrogen) atoms. The number of nitrogens with zero attached hydrogens (tertiary/aromatic N) is 1. The van der Waals surface area contributed by atoms with E-state index in [0.29, 0.717) is 0 Å². The summed E-state index contributed by atoms with van der Waals surface area (Å²) in [6, 6.07) is 0. The van der Waals surface area contributed by atoms with Crippen molar-refractivity contribution in [2.45, 2.75) is 33.6 Å². The average molecular weight is 208 g/mol. The van der Waals surface area contributed by atoms with Crippen LogP contribution in [-0.4, -0.2) is 24.5 Å². The summed E-state index contributed by atoms with van der Waals surface area (Å²) in [5, 5.41) is 3.25. The molecular weight excluding hydrogens is 184 g/mol. The van der Waals surface area contributed by atoms with Crippen molar-refractivity contribution in [2.24, 2.45) is 5.92 Å². The highest BCUT2D eigenvalue weighted by Gasteiger charge is 2.21. The van der Waals surface area contributed by atoms with Gasteiger partial charge in [-0.3, -0.25) is 0 Å². The van der Waals surface area contributed by atoms with Crippen LogP contribution in [0.15, 0.2) is 24.0 Å². The van der Waals surface area contributed by atoms with Gasteiger partial charge in [-0.15, -0.1) is 0 Å². The van der Waals surface area contributed by atoms with E-state index in [9.17, 15) is 0 Å². The van der Waals surface area contributed by atoms with Crippen LogP contribution >= 0.6 is 0 Å². The molecular formula is C13H24N2. The highest BCUT2D eigenvalue weighted by molar-refractivity contribution is 5.21. The molecule has 0 aromatic heterocycles. The average Bonchev–Trinajstić information content (AvgIpc) is 2.81. The first-order chi connectivity index (χ1) is 7.40. The van der Waals surface area contributed by atoms with Crippen molar-refractivity contribution in [2.75, 3.05) is 19.6 Å². The molecule has 2 nitrogen and oxygen atoms in total. The predicted molar refractivity (Wildman–Crippen MR) is 66.5 cm³/mol. The Kier molecular flexibility index (Phi) is 5.30. The predicted octanol–water partition coefficient (Wildman–Crippen LogP) is 2.75. The summed E-state index contributed by atoms with van der Waals surface area (Å²) < 4.78 is 0. The Bertz CT molecular complexity index is 231. The molecule has 1 atom stereocenters. The monoisotopic (exact) mass is 208 g/mol. The summed E-state index contributed by atoms with van der Waals surface area (Å²) in [4.78, 5) is 2.48. The minimum atomic E-state index is 0.913. The van der Waals surface area contributed by atoms with E-state index in [1.807, 2.05) is 13.8 Å². The first-order valence-corrected chi connectivity index (χ1v) is 6.25. The zero-order valence-electron chi connectivity index (χ0n) is 10.3. The van der Waals surface area contributed by atoms with Crippen molar-refractivity contribution in [3.8, 4) is 0 Å². The summed E-state index contributed by atoms with van der Waals surface area (Å²) in [6.45, 7) is 9.75. The number of allylic oxidation sites excluding steroid dienone is 1. The second-order valence-electron chi connectivity index (χ2n) is 3.89. The van der Waals surface area contributed by atoms with Crippen molar-refractivity contribution < 1.29 is 0 Å². The van der Waals surface area contributed by atoms with Gasteiger partial charge in [0.2, 0.25) is 0 Å². The number of dihydropyridines is 1. The Morgan fingerprint density at radius 1 is 1.47 bits per heavy atom. The van der Waals surface area contributed by atoms with E-state index < -0.39 is 0 Å². The molecule has 1 fully saturated rings. The van der Waals surface area contributed by atoms with Crippen molar-refractivity contribution in [3.63, 3.8) is 0 Å². The van der Waals surface area contributed by atoms with Gasteiger partial charge in [0.05, 0.1) is 5.70 Å². The maximum absolute atomic E-state index is 3.25. The lowest BCUT2D eigenvalue weighted by molar-refractivity contribution is 0.407. The molecule has 0 saturated carbocycles. The van der Waals surface area contributed by atoms with E-state index in [1.54, 1.807) is 0 Å². The van der Waals surface area contributed by atoms with Gasteiger partial charge in [0, 0.05) is 25.8 Å². The van der Waals surface area contributed by atoms with E-state index in [0.717, 1.165) is 12.5 Å². The Hall–Kier alpha value is -0.920. The van der Waals surface area contributed by atoms with Crippen molar-refractivity contribution >= 4 is 0 Å². The lowest BCUT2D eigenvalue weighted by Gasteiger charge is -2.21. The Morgan fingerprint density at radius 2 is 2.27 bits per heavy atom. The van der Waals surface area contributed by atoms with Gasteiger partial charge in [0.1, 0.15) is 0 Å². The first-order valence-electron chi connectivity index (χ1n) is 6.25. The van der Waals surface area contributed by atoms with E-state index in [1.165, 1.54) is 31.6 Å². The van der Waals surface area contributed by atoms with Crippen LogP contribution in [0.25, 0.3) is 0 Å². The lowest BCUT2D eigenvalue weighted by atomic mass is 10.1. The van der Waals surface area contributed by atoms with Gasteiger partial charge < -0.3 is 10.2 Å². The number of hydrogen-bond donors (Lipinski definition) is 1. The third kappa shape index (κ3) is 3.29. The van der Waals surface area contributed by atoms with Crippen LogP contribution in [0, 0.1) is 5.92 Å². The molecule has 2 aliphatic heterocycles.